The van der Waals surface area contributed by atoms with Crippen LogP contribution in [0.4, 0.5) is 17.6 Å². The summed E-state index contributed by atoms with van der Waals surface area (Å²) in [4.78, 5) is 3.06. The first-order valence-electron chi connectivity index (χ1n) is 3.35. The highest BCUT2D eigenvalue weighted by Crippen LogP contribution is 2.32. The molecule has 0 atom stereocenters. The third-order valence-corrected chi connectivity index (χ3v) is 1.99. The minimum Gasteiger partial charge on any atom is -0.404 e. The van der Waals surface area contributed by atoms with Gasteiger partial charge in [0.2, 0.25) is 5.95 Å². The molecule has 0 fully saturated rings. The number of halogens is 5. The SMILES string of the molecule is N#Cc1nc(F)cc(OC(F)(F)F)c1Br. The van der Waals surface area contributed by atoms with Crippen LogP contribution in [0.5, 0.6) is 5.75 Å². The molecule has 0 aliphatic heterocycles. The lowest BCUT2D eigenvalue weighted by Gasteiger charge is -2.10. The molecule has 0 unspecified atom stereocenters. The predicted octanol–water partition coefficient (Wildman–Crippen LogP) is 2.75. The van der Waals surface area contributed by atoms with Crippen LogP contribution in [0.1, 0.15) is 5.69 Å². The Morgan fingerprint density at radius 1 is 1.47 bits per heavy atom. The molecule has 1 rings (SSSR count). The average Bonchev–Trinajstić information content (AvgIpc) is 2.08. The van der Waals surface area contributed by atoms with Crippen LogP contribution in [0.2, 0.25) is 0 Å². The van der Waals surface area contributed by atoms with Crippen LogP contribution in [0.25, 0.3) is 0 Å². The number of rotatable bonds is 1. The Hall–Kier alpha value is -1.36. The Bertz CT molecular complexity index is 426. The van der Waals surface area contributed by atoms with E-state index in [2.05, 4.69) is 25.7 Å². The summed E-state index contributed by atoms with van der Waals surface area (Å²) in [5.74, 6) is -2.07. The van der Waals surface area contributed by atoms with Gasteiger partial charge in [-0.15, -0.1) is 13.2 Å². The van der Waals surface area contributed by atoms with Crippen molar-refractivity contribution >= 4 is 15.9 Å². The molecule has 1 aromatic rings. The highest BCUT2D eigenvalue weighted by atomic mass is 79.9. The number of ether oxygens (including phenoxy) is 1. The monoisotopic (exact) mass is 284 g/mol. The Balaban J connectivity index is 3.20. The minimum absolute atomic E-state index is 0.344. The molecule has 0 N–H and O–H groups in total. The number of aromatic nitrogens is 1. The zero-order valence-corrected chi connectivity index (χ0v) is 8.36. The molecule has 0 bridgehead atoms. The Morgan fingerprint density at radius 2 is 2.07 bits per heavy atom. The lowest BCUT2D eigenvalue weighted by Crippen LogP contribution is -2.18. The fraction of sp³-hybridized carbons (Fsp3) is 0.143. The van der Waals surface area contributed by atoms with Crippen LogP contribution in [-0.2, 0) is 0 Å². The number of hydrogen-bond acceptors (Lipinski definition) is 3. The van der Waals surface area contributed by atoms with Gasteiger partial charge in [0.1, 0.15) is 6.07 Å². The van der Waals surface area contributed by atoms with Crippen molar-refractivity contribution in [3.8, 4) is 11.8 Å². The average molecular weight is 285 g/mol. The molecule has 80 valence electrons. The van der Waals surface area contributed by atoms with E-state index in [0.29, 0.717) is 6.07 Å². The number of alkyl halides is 3. The molecule has 0 saturated heterocycles. The molecular weight excluding hydrogens is 284 g/mol. The first-order valence-corrected chi connectivity index (χ1v) is 4.14. The van der Waals surface area contributed by atoms with Crippen molar-refractivity contribution in [1.82, 2.24) is 4.98 Å². The summed E-state index contributed by atoms with van der Waals surface area (Å²) in [5, 5.41) is 8.42. The van der Waals surface area contributed by atoms with Crippen LogP contribution < -0.4 is 4.74 Å². The maximum Gasteiger partial charge on any atom is 0.573 e. The van der Waals surface area contributed by atoms with E-state index in [4.69, 9.17) is 5.26 Å². The molecule has 0 spiro atoms. The van der Waals surface area contributed by atoms with Gasteiger partial charge in [-0.2, -0.15) is 9.65 Å². The number of pyridine rings is 1. The van der Waals surface area contributed by atoms with Gasteiger partial charge in [0.05, 0.1) is 4.47 Å². The summed E-state index contributed by atoms with van der Waals surface area (Å²) in [6.07, 6.45) is -4.96. The molecule has 8 heteroatoms. The zero-order valence-electron chi connectivity index (χ0n) is 6.77. The molecule has 0 aromatic carbocycles. The largest absolute Gasteiger partial charge is 0.573 e. The van der Waals surface area contributed by atoms with Gasteiger partial charge in [-0.05, 0) is 15.9 Å². The van der Waals surface area contributed by atoms with E-state index in [1.54, 1.807) is 0 Å². The second kappa shape index (κ2) is 4.02. The quantitative estimate of drug-likeness (QED) is 0.588. The Morgan fingerprint density at radius 3 is 2.53 bits per heavy atom. The molecular formula is C7HBrF4N2O. The van der Waals surface area contributed by atoms with Gasteiger partial charge >= 0.3 is 6.36 Å². The standard InChI is InChI=1S/C7HBrF4N2O/c8-6-3(2-13)14-5(9)1-4(6)15-7(10,11)12/h1H. The Labute approximate surface area is 89.4 Å². The Kier molecular flexibility index (Phi) is 3.14. The van der Waals surface area contributed by atoms with E-state index < -0.39 is 23.8 Å². The van der Waals surface area contributed by atoms with Gasteiger partial charge in [-0.3, -0.25) is 0 Å². The molecule has 0 aliphatic carbocycles. The van der Waals surface area contributed by atoms with Gasteiger partial charge < -0.3 is 4.74 Å². The second-order valence-electron chi connectivity index (χ2n) is 2.27. The van der Waals surface area contributed by atoms with Crippen LogP contribution in [0, 0.1) is 17.3 Å². The van der Waals surface area contributed by atoms with E-state index in [9.17, 15) is 17.6 Å². The first kappa shape index (κ1) is 11.7. The van der Waals surface area contributed by atoms with Crippen LogP contribution >= 0.6 is 15.9 Å². The number of nitriles is 1. The van der Waals surface area contributed by atoms with Crippen molar-refractivity contribution in [2.75, 3.05) is 0 Å². The summed E-state index contributed by atoms with van der Waals surface area (Å²) in [5.41, 5.74) is -0.519. The normalized spacial score (nSPS) is 10.9. The van der Waals surface area contributed by atoms with Crippen molar-refractivity contribution in [3.05, 3.63) is 22.2 Å². The third-order valence-electron chi connectivity index (χ3n) is 1.22. The maximum absolute atomic E-state index is 12.6. The van der Waals surface area contributed by atoms with Crippen molar-refractivity contribution in [2.45, 2.75) is 6.36 Å². The highest BCUT2D eigenvalue weighted by Gasteiger charge is 2.32. The number of hydrogen-bond donors (Lipinski definition) is 0. The van der Waals surface area contributed by atoms with Crippen LogP contribution in [0.3, 0.4) is 0 Å². The third kappa shape index (κ3) is 3.06. The summed E-state index contributed by atoms with van der Waals surface area (Å²) in [6, 6.07) is 1.85. The molecule has 1 heterocycles. The van der Waals surface area contributed by atoms with E-state index in [-0.39, 0.29) is 4.47 Å². The molecule has 0 aliphatic rings. The summed E-state index contributed by atoms with van der Waals surface area (Å²) in [7, 11) is 0. The molecule has 0 saturated carbocycles. The number of nitrogens with zero attached hydrogens (tertiary/aromatic N) is 2. The molecule has 0 amide bonds. The highest BCUT2D eigenvalue weighted by molar-refractivity contribution is 9.10. The molecule has 1 aromatic heterocycles. The van der Waals surface area contributed by atoms with Crippen molar-refractivity contribution in [3.63, 3.8) is 0 Å². The predicted molar refractivity (Wildman–Crippen MR) is 43.3 cm³/mol. The van der Waals surface area contributed by atoms with E-state index in [1.807, 2.05) is 0 Å². The fourth-order valence-corrected chi connectivity index (χ4v) is 1.12. The van der Waals surface area contributed by atoms with Gasteiger partial charge in [0.25, 0.3) is 0 Å². The van der Waals surface area contributed by atoms with Crippen molar-refractivity contribution in [1.29, 1.82) is 5.26 Å². The summed E-state index contributed by atoms with van der Waals surface area (Å²) in [6.45, 7) is 0. The smallest absolute Gasteiger partial charge is 0.404 e. The van der Waals surface area contributed by atoms with E-state index in [0.717, 1.165) is 0 Å². The summed E-state index contributed by atoms with van der Waals surface area (Å²) < 4.78 is 51.2. The lowest BCUT2D eigenvalue weighted by atomic mass is 10.3. The van der Waals surface area contributed by atoms with Gasteiger partial charge in [-0.25, -0.2) is 4.98 Å². The van der Waals surface area contributed by atoms with Crippen molar-refractivity contribution in [2.24, 2.45) is 0 Å². The van der Waals surface area contributed by atoms with Crippen LogP contribution in [0.15, 0.2) is 10.5 Å². The topological polar surface area (TPSA) is 45.9 Å². The minimum atomic E-state index is -4.96. The van der Waals surface area contributed by atoms with Crippen LogP contribution in [-0.4, -0.2) is 11.3 Å². The first-order chi connectivity index (χ1) is 6.83. The second-order valence-corrected chi connectivity index (χ2v) is 3.06. The van der Waals surface area contributed by atoms with E-state index >= 15 is 0 Å². The molecule has 15 heavy (non-hydrogen) atoms. The zero-order chi connectivity index (χ0) is 11.6. The molecule has 3 nitrogen and oxygen atoms in total. The fourth-order valence-electron chi connectivity index (χ4n) is 0.749. The van der Waals surface area contributed by atoms with Gasteiger partial charge in [-0.1, -0.05) is 0 Å². The van der Waals surface area contributed by atoms with Gasteiger partial charge in [0.15, 0.2) is 11.4 Å². The lowest BCUT2D eigenvalue weighted by molar-refractivity contribution is -0.275. The maximum atomic E-state index is 12.6. The van der Waals surface area contributed by atoms with E-state index in [1.165, 1.54) is 6.07 Å². The van der Waals surface area contributed by atoms with Gasteiger partial charge in [0, 0.05) is 6.07 Å². The van der Waals surface area contributed by atoms with Crippen molar-refractivity contribution < 1.29 is 22.3 Å². The molecule has 0 radical (unpaired) electrons. The summed E-state index contributed by atoms with van der Waals surface area (Å²) >= 11 is 2.65.